The zero-order valence-corrected chi connectivity index (χ0v) is 13.0. The van der Waals surface area contributed by atoms with Gasteiger partial charge in [0.1, 0.15) is 0 Å². The number of aryl methyl sites for hydroxylation is 3. The Bertz CT molecular complexity index is 494. The first-order chi connectivity index (χ1) is 8.60. The van der Waals surface area contributed by atoms with Crippen molar-refractivity contribution in [3.05, 3.63) is 37.5 Å². The van der Waals surface area contributed by atoms with Gasteiger partial charge in [0, 0.05) is 33.3 Å². The van der Waals surface area contributed by atoms with Crippen LogP contribution in [0.2, 0.25) is 0 Å². The van der Waals surface area contributed by atoms with Gasteiger partial charge in [0.15, 0.2) is 0 Å². The topological polar surface area (TPSA) is 24.9 Å². The number of likely N-dealkylation sites (N-methyl/N-ethyl adjacent to an activating group) is 1. The average Bonchev–Trinajstić information content (AvgIpc) is 2.86. The molecule has 2 aromatic rings. The van der Waals surface area contributed by atoms with E-state index in [1.54, 1.807) is 11.3 Å². The lowest BCUT2D eigenvalue weighted by molar-refractivity contribution is 0.556. The highest BCUT2D eigenvalue weighted by Crippen LogP contribution is 2.29. The summed E-state index contributed by atoms with van der Waals surface area (Å²) in [6.07, 6.45) is 0.992. The van der Waals surface area contributed by atoms with E-state index in [0.29, 0.717) is 6.04 Å². The fourth-order valence-electron chi connectivity index (χ4n) is 1.96. The second-order valence-corrected chi connectivity index (χ2v) is 6.82. The lowest BCUT2D eigenvalue weighted by Crippen LogP contribution is -2.22. The van der Waals surface area contributed by atoms with Gasteiger partial charge in [0.05, 0.1) is 5.01 Å². The number of hydrogen-bond donors (Lipinski definition) is 1. The Labute approximate surface area is 117 Å². The maximum atomic E-state index is 4.57. The summed E-state index contributed by atoms with van der Waals surface area (Å²) in [5.41, 5.74) is 2.53. The summed E-state index contributed by atoms with van der Waals surface area (Å²) in [7, 11) is 0. The third-order valence-electron chi connectivity index (χ3n) is 3.02. The molecule has 0 bridgehead atoms. The maximum absolute atomic E-state index is 4.57. The van der Waals surface area contributed by atoms with Crippen LogP contribution in [0.3, 0.4) is 0 Å². The number of rotatable bonds is 5. The van der Waals surface area contributed by atoms with Crippen LogP contribution in [-0.2, 0) is 6.42 Å². The molecule has 0 amide bonds. The van der Waals surface area contributed by atoms with Crippen molar-refractivity contribution >= 4 is 22.7 Å². The molecule has 2 aromatic heterocycles. The maximum Gasteiger partial charge on any atom is 0.0947 e. The highest BCUT2D eigenvalue weighted by atomic mass is 32.1. The van der Waals surface area contributed by atoms with E-state index in [1.165, 1.54) is 20.3 Å². The van der Waals surface area contributed by atoms with Gasteiger partial charge in [-0.25, -0.2) is 4.98 Å². The molecule has 0 fully saturated rings. The van der Waals surface area contributed by atoms with E-state index in [1.807, 2.05) is 11.3 Å². The first kappa shape index (κ1) is 13.7. The van der Waals surface area contributed by atoms with Crippen LogP contribution >= 0.6 is 22.7 Å². The minimum absolute atomic E-state index is 0.401. The van der Waals surface area contributed by atoms with E-state index >= 15 is 0 Å². The smallest absolute Gasteiger partial charge is 0.0947 e. The lowest BCUT2D eigenvalue weighted by atomic mass is 10.1. The van der Waals surface area contributed by atoms with E-state index in [-0.39, 0.29) is 0 Å². The zero-order valence-electron chi connectivity index (χ0n) is 11.4. The van der Waals surface area contributed by atoms with Crippen molar-refractivity contribution in [2.24, 2.45) is 0 Å². The van der Waals surface area contributed by atoms with E-state index in [4.69, 9.17) is 0 Å². The van der Waals surface area contributed by atoms with Gasteiger partial charge in [-0.15, -0.1) is 22.7 Å². The van der Waals surface area contributed by atoms with Crippen LogP contribution in [0.25, 0.3) is 0 Å². The number of hydrogen-bond acceptors (Lipinski definition) is 4. The Morgan fingerprint density at radius 3 is 2.61 bits per heavy atom. The normalized spacial score (nSPS) is 12.9. The van der Waals surface area contributed by atoms with E-state index < -0.39 is 0 Å². The van der Waals surface area contributed by atoms with Gasteiger partial charge in [-0.05, 0) is 38.9 Å². The summed E-state index contributed by atoms with van der Waals surface area (Å²) in [4.78, 5) is 7.42. The van der Waals surface area contributed by atoms with Gasteiger partial charge < -0.3 is 5.32 Å². The van der Waals surface area contributed by atoms with Crippen molar-refractivity contribution in [3.63, 3.8) is 0 Å². The molecule has 0 aliphatic rings. The Hall–Kier alpha value is -0.710. The first-order valence-electron chi connectivity index (χ1n) is 6.31. The van der Waals surface area contributed by atoms with Gasteiger partial charge in [-0.2, -0.15) is 0 Å². The molecule has 0 saturated heterocycles. The molecule has 0 saturated carbocycles. The highest BCUT2D eigenvalue weighted by Gasteiger charge is 2.16. The molecule has 98 valence electrons. The molecular weight excluding hydrogens is 260 g/mol. The van der Waals surface area contributed by atoms with Crippen LogP contribution in [-0.4, -0.2) is 11.5 Å². The minimum Gasteiger partial charge on any atom is -0.309 e. The largest absolute Gasteiger partial charge is 0.309 e. The van der Waals surface area contributed by atoms with Crippen LogP contribution in [0.4, 0.5) is 0 Å². The third-order valence-corrected chi connectivity index (χ3v) is 5.28. The molecule has 0 aliphatic heterocycles. The second kappa shape index (κ2) is 5.95. The van der Waals surface area contributed by atoms with Crippen LogP contribution in [0.15, 0.2) is 11.4 Å². The van der Waals surface area contributed by atoms with Crippen molar-refractivity contribution in [2.45, 2.75) is 40.2 Å². The second-order valence-electron chi connectivity index (χ2n) is 4.58. The minimum atomic E-state index is 0.401. The molecule has 18 heavy (non-hydrogen) atoms. The van der Waals surface area contributed by atoms with Crippen molar-refractivity contribution in [2.75, 3.05) is 6.54 Å². The highest BCUT2D eigenvalue weighted by molar-refractivity contribution is 7.12. The molecule has 0 radical (unpaired) electrons. The number of thiophene rings is 1. The van der Waals surface area contributed by atoms with Crippen LogP contribution in [0, 0.1) is 20.8 Å². The lowest BCUT2D eigenvalue weighted by Gasteiger charge is -2.14. The molecule has 0 aliphatic carbocycles. The van der Waals surface area contributed by atoms with Crippen LogP contribution in [0.5, 0.6) is 0 Å². The van der Waals surface area contributed by atoms with Gasteiger partial charge in [-0.1, -0.05) is 6.92 Å². The molecular formula is C14H20N2S2. The van der Waals surface area contributed by atoms with Crippen molar-refractivity contribution < 1.29 is 0 Å². The Morgan fingerprint density at radius 2 is 2.11 bits per heavy atom. The van der Waals surface area contributed by atoms with Crippen LogP contribution in [0.1, 0.15) is 39.0 Å². The standard InChI is InChI=1S/C14H20N2S2/c1-5-15-12(7-14-16-10(3)8-17-14)13-6-9(2)11(4)18-13/h6,8,12,15H,5,7H2,1-4H3. The van der Waals surface area contributed by atoms with Crippen LogP contribution < -0.4 is 5.32 Å². The Kier molecular flexibility index (Phi) is 4.54. The number of thiazole rings is 1. The summed E-state index contributed by atoms with van der Waals surface area (Å²) >= 11 is 3.67. The molecule has 1 unspecified atom stereocenters. The number of aromatic nitrogens is 1. The predicted molar refractivity (Wildman–Crippen MR) is 80.8 cm³/mol. The molecule has 1 N–H and O–H groups in total. The number of nitrogens with one attached hydrogen (secondary N) is 1. The van der Waals surface area contributed by atoms with Crippen molar-refractivity contribution in [3.8, 4) is 0 Å². The summed E-state index contributed by atoms with van der Waals surface area (Å²) in [5.74, 6) is 0. The molecule has 1 atom stereocenters. The Balaban J connectivity index is 2.17. The van der Waals surface area contributed by atoms with E-state index in [2.05, 4.69) is 49.4 Å². The average molecular weight is 280 g/mol. The molecule has 0 spiro atoms. The quantitative estimate of drug-likeness (QED) is 0.894. The van der Waals surface area contributed by atoms with Crippen molar-refractivity contribution in [1.82, 2.24) is 10.3 Å². The van der Waals surface area contributed by atoms with Gasteiger partial charge >= 0.3 is 0 Å². The van der Waals surface area contributed by atoms with Gasteiger partial charge in [-0.3, -0.25) is 0 Å². The zero-order chi connectivity index (χ0) is 13.1. The Morgan fingerprint density at radius 1 is 1.33 bits per heavy atom. The first-order valence-corrected chi connectivity index (χ1v) is 8.01. The third kappa shape index (κ3) is 3.19. The molecule has 0 aromatic carbocycles. The number of nitrogens with zero attached hydrogens (tertiary/aromatic N) is 1. The monoisotopic (exact) mass is 280 g/mol. The molecule has 4 heteroatoms. The van der Waals surface area contributed by atoms with Gasteiger partial charge in [0.25, 0.3) is 0 Å². The molecule has 2 rings (SSSR count). The summed E-state index contributed by atoms with van der Waals surface area (Å²) in [6.45, 7) is 9.59. The van der Waals surface area contributed by atoms with E-state index in [0.717, 1.165) is 18.7 Å². The fourth-order valence-corrected chi connectivity index (χ4v) is 3.90. The predicted octanol–water partition coefficient (Wildman–Crippen LogP) is 4.02. The summed E-state index contributed by atoms with van der Waals surface area (Å²) in [5, 5.41) is 6.93. The van der Waals surface area contributed by atoms with Gasteiger partial charge in [0.2, 0.25) is 0 Å². The molecule has 2 nitrogen and oxygen atoms in total. The van der Waals surface area contributed by atoms with Crippen molar-refractivity contribution in [1.29, 1.82) is 0 Å². The molecule has 2 heterocycles. The summed E-state index contributed by atoms with van der Waals surface area (Å²) < 4.78 is 0. The summed E-state index contributed by atoms with van der Waals surface area (Å²) in [6, 6.07) is 2.71. The fraction of sp³-hybridized carbons (Fsp3) is 0.500. The van der Waals surface area contributed by atoms with E-state index in [9.17, 15) is 0 Å². The SMILES string of the molecule is CCNC(Cc1nc(C)cs1)c1cc(C)c(C)s1.